The molecule has 3 rings (SSSR count). The van der Waals surface area contributed by atoms with Gasteiger partial charge < -0.3 is 10.4 Å². The van der Waals surface area contributed by atoms with E-state index in [0.717, 1.165) is 10.6 Å². The van der Waals surface area contributed by atoms with Gasteiger partial charge in [0, 0.05) is 4.90 Å². The monoisotopic (exact) mass is 299 g/mol. The number of nitrogens with one attached hydrogen (secondary N) is 1. The molecule has 0 bridgehead atoms. The SMILES string of the molecule is O=C(O)[C@H](c1ccccc1)[C@H]1Sc2ccccc2NC1=O. The second-order valence-corrected chi connectivity index (χ2v) is 5.93. The molecule has 4 nitrogen and oxygen atoms in total. The van der Waals surface area contributed by atoms with Crippen LogP contribution in [0, 0.1) is 0 Å². The van der Waals surface area contributed by atoms with Crippen LogP contribution in [0.2, 0.25) is 0 Å². The van der Waals surface area contributed by atoms with E-state index in [2.05, 4.69) is 5.32 Å². The van der Waals surface area contributed by atoms with Gasteiger partial charge in [-0.1, -0.05) is 42.5 Å². The van der Waals surface area contributed by atoms with E-state index >= 15 is 0 Å². The third kappa shape index (κ3) is 2.64. The minimum absolute atomic E-state index is 0.269. The Kier molecular flexibility index (Phi) is 3.66. The molecule has 5 heteroatoms. The van der Waals surface area contributed by atoms with Crippen molar-refractivity contribution in [3.63, 3.8) is 0 Å². The molecule has 1 aliphatic rings. The summed E-state index contributed by atoms with van der Waals surface area (Å²) < 4.78 is 0. The number of hydrogen-bond donors (Lipinski definition) is 2. The minimum atomic E-state index is -0.992. The van der Waals surface area contributed by atoms with Crippen LogP contribution in [0.5, 0.6) is 0 Å². The Bertz CT molecular complexity index is 687. The van der Waals surface area contributed by atoms with Crippen LogP contribution in [-0.2, 0) is 9.59 Å². The summed E-state index contributed by atoms with van der Waals surface area (Å²) in [6.45, 7) is 0. The van der Waals surface area contributed by atoms with Crippen molar-refractivity contribution in [1.29, 1.82) is 0 Å². The number of carbonyl (C=O) groups is 2. The number of hydrogen-bond acceptors (Lipinski definition) is 3. The van der Waals surface area contributed by atoms with Crippen molar-refractivity contribution in [1.82, 2.24) is 0 Å². The zero-order valence-electron chi connectivity index (χ0n) is 11.0. The fraction of sp³-hybridized carbons (Fsp3) is 0.125. The standard InChI is InChI=1S/C16H13NO3S/c18-15-14(21-12-9-5-4-8-11(12)17-15)13(16(19)20)10-6-2-1-3-7-10/h1-9,13-14H,(H,17,18)(H,19,20)/t13-,14-/m1/s1. The van der Waals surface area contributed by atoms with E-state index in [9.17, 15) is 14.7 Å². The van der Waals surface area contributed by atoms with Gasteiger partial charge in [-0.25, -0.2) is 0 Å². The first-order valence-electron chi connectivity index (χ1n) is 6.51. The lowest BCUT2D eigenvalue weighted by Gasteiger charge is -2.28. The van der Waals surface area contributed by atoms with Gasteiger partial charge in [-0.15, -0.1) is 11.8 Å². The van der Waals surface area contributed by atoms with Crippen molar-refractivity contribution >= 4 is 29.3 Å². The maximum Gasteiger partial charge on any atom is 0.312 e. The number of aliphatic carboxylic acids is 1. The van der Waals surface area contributed by atoms with Crippen LogP contribution in [-0.4, -0.2) is 22.2 Å². The molecule has 0 unspecified atom stereocenters. The summed E-state index contributed by atoms with van der Waals surface area (Å²) in [5, 5.41) is 11.7. The van der Waals surface area contributed by atoms with Gasteiger partial charge in [0.05, 0.1) is 5.69 Å². The highest BCUT2D eigenvalue weighted by Crippen LogP contribution is 2.41. The molecule has 1 heterocycles. The lowest BCUT2D eigenvalue weighted by molar-refractivity contribution is -0.140. The first-order chi connectivity index (χ1) is 10.2. The summed E-state index contributed by atoms with van der Waals surface area (Å²) in [5.41, 5.74) is 1.37. The van der Waals surface area contributed by atoms with Crippen LogP contribution >= 0.6 is 11.8 Å². The van der Waals surface area contributed by atoms with Crippen molar-refractivity contribution in [2.75, 3.05) is 5.32 Å². The van der Waals surface area contributed by atoms with Gasteiger partial charge in [0.2, 0.25) is 5.91 Å². The summed E-state index contributed by atoms with van der Waals surface area (Å²) in [6.07, 6.45) is 0. The molecule has 0 aliphatic carbocycles. The Morgan fingerprint density at radius 3 is 2.48 bits per heavy atom. The number of anilines is 1. The second-order valence-electron chi connectivity index (χ2n) is 4.75. The molecule has 2 N–H and O–H groups in total. The number of para-hydroxylation sites is 1. The van der Waals surface area contributed by atoms with Crippen LogP contribution < -0.4 is 5.32 Å². The first kappa shape index (κ1) is 13.7. The van der Waals surface area contributed by atoms with E-state index in [1.807, 2.05) is 30.3 Å². The summed E-state index contributed by atoms with van der Waals surface area (Å²) in [7, 11) is 0. The Hall–Kier alpha value is -2.27. The number of benzene rings is 2. The van der Waals surface area contributed by atoms with Crippen LogP contribution in [0.1, 0.15) is 11.5 Å². The zero-order valence-corrected chi connectivity index (χ0v) is 11.8. The highest BCUT2D eigenvalue weighted by molar-refractivity contribution is 8.01. The number of thioether (sulfide) groups is 1. The molecule has 0 saturated carbocycles. The molecule has 2 aromatic carbocycles. The first-order valence-corrected chi connectivity index (χ1v) is 7.39. The molecule has 106 valence electrons. The number of carbonyl (C=O) groups excluding carboxylic acids is 1. The van der Waals surface area contributed by atoms with Gasteiger partial charge in [0.25, 0.3) is 0 Å². The summed E-state index contributed by atoms with van der Waals surface area (Å²) in [4.78, 5) is 24.8. The van der Waals surface area contributed by atoms with Gasteiger partial charge in [-0.3, -0.25) is 9.59 Å². The third-order valence-electron chi connectivity index (χ3n) is 3.38. The Morgan fingerprint density at radius 2 is 1.76 bits per heavy atom. The topological polar surface area (TPSA) is 66.4 Å². The van der Waals surface area contributed by atoms with E-state index < -0.39 is 17.1 Å². The average molecular weight is 299 g/mol. The van der Waals surface area contributed by atoms with Gasteiger partial charge in [-0.2, -0.15) is 0 Å². The maximum absolute atomic E-state index is 12.3. The van der Waals surface area contributed by atoms with Crippen LogP contribution in [0.15, 0.2) is 59.5 Å². The van der Waals surface area contributed by atoms with Gasteiger partial charge in [-0.05, 0) is 17.7 Å². The van der Waals surface area contributed by atoms with Crippen molar-refractivity contribution in [2.45, 2.75) is 16.1 Å². The molecular weight excluding hydrogens is 286 g/mol. The minimum Gasteiger partial charge on any atom is -0.481 e. The summed E-state index contributed by atoms with van der Waals surface area (Å²) in [6, 6.07) is 16.3. The van der Waals surface area contributed by atoms with E-state index in [-0.39, 0.29) is 5.91 Å². The molecular formula is C16H13NO3S. The lowest BCUT2D eigenvalue weighted by atomic mass is 9.95. The molecule has 0 spiro atoms. The second kappa shape index (κ2) is 5.61. The number of amides is 1. The molecule has 2 atom stereocenters. The summed E-state index contributed by atoms with van der Waals surface area (Å²) >= 11 is 1.30. The molecule has 1 amide bonds. The van der Waals surface area contributed by atoms with Crippen molar-refractivity contribution in [2.24, 2.45) is 0 Å². The molecule has 2 aromatic rings. The van der Waals surface area contributed by atoms with E-state index in [1.165, 1.54) is 11.8 Å². The Labute approximate surface area is 126 Å². The molecule has 0 saturated heterocycles. The van der Waals surface area contributed by atoms with E-state index in [0.29, 0.717) is 5.56 Å². The zero-order chi connectivity index (χ0) is 14.8. The highest BCUT2D eigenvalue weighted by Gasteiger charge is 2.38. The Balaban J connectivity index is 1.98. The molecule has 0 radical (unpaired) electrons. The number of rotatable bonds is 3. The molecule has 21 heavy (non-hydrogen) atoms. The number of carboxylic acids is 1. The van der Waals surface area contributed by atoms with Gasteiger partial charge >= 0.3 is 5.97 Å². The fourth-order valence-corrected chi connectivity index (χ4v) is 3.65. The van der Waals surface area contributed by atoms with E-state index in [1.54, 1.807) is 24.3 Å². The largest absolute Gasteiger partial charge is 0.481 e. The highest BCUT2D eigenvalue weighted by atomic mass is 32.2. The predicted octanol–water partition coefficient (Wildman–Crippen LogP) is 2.97. The van der Waals surface area contributed by atoms with Gasteiger partial charge in [0.15, 0.2) is 0 Å². The van der Waals surface area contributed by atoms with Crippen molar-refractivity contribution in [3.05, 3.63) is 60.2 Å². The lowest BCUT2D eigenvalue weighted by Crippen LogP contribution is -2.37. The quantitative estimate of drug-likeness (QED) is 0.914. The smallest absolute Gasteiger partial charge is 0.312 e. The summed E-state index contributed by atoms with van der Waals surface area (Å²) in [5.74, 6) is -2.13. The normalized spacial score (nSPS) is 18.5. The van der Waals surface area contributed by atoms with Crippen molar-refractivity contribution < 1.29 is 14.7 Å². The van der Waals surface area contributed by atoms with E-state index in [4.69, 9.17) is 0 Å². The van der Waals surface area contributed by atoms with Crippen LogP contribution in [0.4, 0.5) is 5.69 Å². The maximum atomic E-state index is 12.3. The molecule has 0 fully saturated rings. The van der Waals surface area contributed by atoms with Gasteiger partial charge in [0.1, 0.15) is 11.2 Å². The van der Waals surface area contributed by atoms with Crippen molar-refractivity contribution in [3.8, 4) is 0 Å². The molecule has 1 aliphatic heterocycles. The average Bonchev–Trinajstić information content (AvgIpc) is 2.49. The van der Waals surface area contributed by atoms with Crippen LogP contribution in [0.25, 0.3) is 0 Å². The molecule has 0 aromatic heterocycles. The number of fused-ring (bicyclic) bond motifs is 1. The predicted molar refractivity (Wildman–Crippen MR) is 81.5 cm³/mol. The Morgan fingerprint density at radius 1 is 1.10 bits per heavy atom. The number of carboxylic acid groups (broad SMARTS) is 1. The van der Waals surface area contributed by atoms with Crippen LogP contribution in [0.3, 0.4) is 0 Å². The fourth-order valence-electron chi connectivity index (χ4n) is 2.39. The third-order valence-corrected chi connectivity index (χ3v) is 4.73.